The van der Waals surface area contributed by atoms with E-state index in [4.69, 9.17) is 12.2 Å². The molecule has 5 nitrogen and oxygen atoms in total. The number of sulfonamides is 1. The maximum atomic E-state index is 12.5. The molecule has 0 amide bonds. The molecule has 1 aliphatic rings. The Balaban J connectivity index is 1.66. The van der Waals surface area contributed by atoms with Gasteiger partial charge in [-0.05, 0) is 74.8 Å². The van der Waals surface area contributed by atoms with E-state index in [-0.39, 0.29) is 0 Å². The number of nitrogens with zero attached hydrogens (tertiary/aromatic N) is 1. The van der Waals surface area contributed by atoms with E-state index in [9.17, 15) is 8.42 Å². The van der Waals surface area contributed by atoms with E-state index >= 15 is 0 Å². The summed E-state index contributed by atoms with van der Waals surface area (Å²) in [6.07, 6.45) is 1.86. The fourth-order valence-electron chi connectivity index (χ4n) is 3.03. The van der Waals surface area contributed by atoms with Gasteiger partial charge in [-0.15, -0.1) is 0 Å². The van der Waals surface area contributed by atoms with Gasteiger partial charge in [0.05, 0.1) is 4.90 Å². The summed E-state index contributed by atoms with van der Waals surface area (Å²) in [5.74, 6) is 0. The van der Waals surface area contributed by atoms with Crippen molar-refractivity contribution in [3.8, 4) is 0 Å². The van der Waals surface area contributed by atoms with E-state index in [0.717, 1.165) is 29.8 Å². The lowest BCUT2D eigenvalue weighted by Crippen LogP contribution is -2.27. The van der Waals surface area contributed by atoms with Crippen LogP contribution in [0.5, 0.6) is 0 Å². The van der Waals surface area contributed by atoms with Gasteiger partial charge in [-0.25, -0.2) is 8.42 Å². The molecule has 2 aromatic rings. The molecule has 1 aliphatic heterocycles. The lowest BCUT2D eigenvalue weighted by atomic mass is 10.1. The Hall–Kier alpha value is -1.96. The number of nitrogens with one attached hydrogen (secondary N) is 2. The molecule has 1 heterocycles. The highest BCUT2D eigenvalue weighted by atomic mass is 32.2. The molecule has 1 saturated heterocycles. The van der Waals surface area contributed by atoms with Crippen LogP contribution < -0.4 is 10.6 Å². The molecule has 0 radical (unpaired) electrons. The van der Waals surface area contributed by atoms with Crippen LogP contribution in [-0.4, -0.2) is 30.9 Å². The van der Waals surface area contributed by atoms with Gasteiger partial charge in [-0.1, -0.05) is 17.7 Å². The minimum Gasteiger partial charge on any atom is -0.332 e. The van der Waals surface area contributed by atoms with E-state index in [2.05, 4.69) is 16.7 Å². The summed E-state index contributed by atoms with van der Waals surface area (Å²) in [6.45, 7) is 5.28. The summed E-state index contributed by atoms with van der Waals surface area (Å²) >= 11 is 5.36. The van der Waals surface area contributed by atoms with Gasteiger partial charge in [0.1, 0.15) is 0 Å². The fraction of sp³-hybridized carbons (Fsp3) is 0.316. The SMILES string of the molecule is Cc1ccc(NC(=S)Nc2ccc(S(=O)(=O)N3CCCC3)cc2)c(C)c1. The molecule has 138 valence electrons. The average Bonchev–Trinajstić information content (AvgIpc) is 3.13. The van der Waals surface area contributed by atoms with Gasteiger partial charge in [-0.3, -0.25) is 0 Å². The number of rotatable bonds is 4. The van der Waals surface area contributed by atoms with Crippen molar-refractivity contribution < 1.29 is 8.42 Å². The van der Waals surface area contributed by atoms with Gasteiger partial charge in [0.2, 0.25) is 10.0 Å². The molecule has 0 bridgehead atoms. The Morgan fingerprint density at radius 2 is 1.65 bits per heavy atom. The zero-order valence-electron chi connectivity index (χ0n) is 15.0. The van der Waals surface area contributed by atoms with Gasteiger partial charge in [0, 0.05) is 24.5 Å². The van der Waals surface area contributed by atoms with Crippen molar-refractivity contribution in [2.24, 2.45) is 0 Å². The molecule has 2 aromatic carbocycles. The van der Waals surface area contributed by atoms with Crippen LogP contribution in [0.2, 0.25) is 0 Å². The van der Waals surface area contributed by atoms with E-state index < -0.39 is 10.0 Å². The van der Waals surface area contributed by atoms with Crippen LogP contribution in [-0.2, 0) is 10.0 Å². The summed E-state index contributed by atoms with van der Waals surface area (Å²) < 4.78 is 26.6. The number of benzene rings is 2. The zero-order valence-corrected chi connectivity index (χ0v) is 16.6. The Morgan fingerprint density at radius 3 is 2.27 bits per heavy atom. The van der Waals surface area contributed by atoms with Crippen LogP contribution in [0.1, 0.15) is 24.0 Å². The van der Waals surface area contributed by atoms with Crippen LogP contribution >= 0.6 is 12.2 Å². The Morgan fingerprint density at radius 1 is 1.00 bits per heavy atom. The van der Waals surface area contributed by atoms with Crippen molar-refractivity contribution in [1.82, 2.24) is 4.31 Å². The van der Waals surface area contributed by atoms with Crippen LogP contribution in [0.4, 0.5) is 11.4 Å². The smallest absolute Gasteiger partial charge is 0.243 e. The molecule has 0 saturated carbocycles. The topological polar surface area (TPSA) is 61.4 Å². The van der Waals surface area contributed by atoms with Gasteiger partial charge in [0.25, 0.3) is 0 Å². The van der Waals surface area contributed by atoms with Crippen LogP contribution in [0.25, 0.3) is 0 Å². The molecule has 1 fully saturated rings. The first-order valence-electron chi connectivity index (χ1n) is 8.62. The van der Waals surface area contributed by atoms with Crippen LogP contribution in [0.3, 0.4) is 0 Å². The normalized spacial score (nSPS) is 15.0. The second-order valence-electron chi connectivity index (χ2n) is 6.53. The Bertz CT molecular complexity index is 903. The standard InChI is InChI=1S/C19H23N3O2S2/c1-14-5-10-18(15(2)13-14)21-19(25)20-16-6-8-17(9-7-16)26(23,24)22-11-3-4-12-22/h5-10,13H,3-4,11-12H2,1-2H3,(H2,20,21,25). The molecular formula is C19H23N3O2S2. The quantitative estimate of drug-likeness (QED) is 0.777. The summed E-state index contributed by atoms with van der Waals surface area (Å²) in [4.78, 5) is 0.318. The van der Waals surface area contributed by atoms with Crippen LogP contribution in [0.15, 0.2) is 47.4 Å². The molecule has 26 heavy (non-hydrogen) atoms. The highest BCUT2D eigenvalue weighted by Crippen LogP contribution is 2.22. The first kappa shape index (κ1) is 18.8. The average molecular weight is 390 g/mol. The lowest BCUT2D eigenvalue weighted by Gasteiger charge is -2.16. The second kappa shape index (κ2) is 7.73. The highest BCUT2D eigenvalue weighted by Gasteiger charge is 2.26. The first-order chi connectivity index (χ1) is 12.4. The molecule has 0 aromatic heterocycles. The zero-order chi connectivity index (χ0) is 18.7. The van der Waals surface area contributed by atoms with Crippen molar-refractivity contribution in [3.63, 3.8) is 0 Å². The van der Waals surface area contributed by atoms with Crippen LogP contribution in [0, 0.1) is 13.8 Å². The lowest BCUT2D eigenvalue weighted by molar-refractivity contribution is 0.477. The first-order valence-corrected chi connectivity index (χ1v) is 10.5. The number of hydrogen-bond donors (Lipinski definition) is 2. The molecule has 7 heteroatoms. The number of anilines is 2. The molecular weight excluding hydrogens is 366 g/mol. The van der Waals surface area contributed by atoms with Crippen molar-refractivity contribution in [1.29, 1.82) is 0 Å². The third kappa shape index (κ3) is 4.23. The molecule has 0 unspecified atom stereocenters. The number of thiocarbonyl (C=S) groups is 1. The minimum atomic E-state index is -3.39. The maximum absolute atomic E-state index is 12.5. The fourth-order valence-corrected chi connectivity index (χ4v) is 4.77. The molecule has 3 rings (SSSR count). The van der Waals surface area contributed by atoms with E-state index in [0.29, 0.717) is 23.1 Å². The minimum absolute atomic E-state index is 0.318. The summed E-state index contributed by atoms with van der Waals surface area (Å²) in [7, 11) is -3.39. The molecule has 0 aliphatic carbocycles. The van der Waals surface area contributed by atoms with E-state index in [1.807, 2.05) is 26.0 Å². The number of hydrogen-bond acceptors (Lipinski definition) is 3. The van der Waals surface area contributed by atoms with Gasteiger partial charge in [-0.2, -0.15) is 4.31 Å². The molecule has 2 N–H and O–H groups in total. The Labute approximate surface area is 160 Å². The summed E-state index contributed by atoms with van der Waals surface area (Å²) in [5.41, 5.74) is 4.00. The van der Waals surface area contributed by atoms with Gasteiger partial charge < -0.3 is 10.6 Å². The van der Waals surface area contributed by atoms with Crippen molar-refractivity contribution in [2.45, 2.75) is 31.6 Å². The monoisotopic (exact) mass is 389 g/mol. The second-order valence-corrected chi connectivity index (χ2v) is 8.88. The predicted molar refractivity (Wildman–Crippen MR) is 110 cm³/mol. The third-order valence-electron chi connectivity index (χ3n) is 4.45. The third-order valence-corrected chi connectivity index (χ3v) is 6.56. The van der Waals surface area contributed by atoms with Gasteiger partial charge in [0.15, 0.2) is 5.11 Å². The van der Waals surface area contributed by atoms with Crippen molar-refractivity contribution in [2.75, 3.05) is 23.7 Å². The predicted octanol–water partition coefficient (Wildman–Crippen LogP) is 3.90. The molecule has 0 spiro atoms. The van der Waals surface area contributed by atoms with Crippen molar-refractivity contribution >= 4 is 38.7 Å². The van der Waals surface area contributed by atoms with Crippen molar-refractivity contribution in [3.05, 3.63) is 53.6 Å². The maximum Gasteiger partial charge on any atom is 0.243 e. The van der Waals surface area contributed by atoms with E-state index in [1.165, 1.54) is 5.56 Å². The molecule has 0 atom stereocenters. The Kier molecular flexibility index (Phi) is 5.60. The van der Waals surface area contributed by atoms with Gasteiger partial charge >= 0.3 is 0 Å². The number of aryl methyl sites for hydroxylation is 2. The summed E-state index contributed by atoms with van der Waals surface area (Å²) in [6, 6.07) is 12.8. The summed E-state index contributed by atoms with van der Waals surface area (Å²) in [5, 5.41) is 6.73. The highest BCUT2D eigenvalue weighted by molar-refractivity contribution is 7.89. The largest absolute Gasteiger partial charge is 0.332 e. The van der Waals surface area contributed by atoms with E-state index in [1.54, 1.807) is 28.6 Å².